The summed E-state index contributed by atoms with van der Waals surface area (Å²) >= 11 is 3.39. The minimum Gasteiger partial charge on any atom is -0.410 e. The minimum absolute atomic E-state index is 0.246. The Labute approximate surface area is 178 Å². The monoisotopic (exact) mass is 454 g/mol. The number of aliphatic hydroxyl groups is 1. The molecule has 2 rings (SSSR count). The molecule has 6 heteroatoms. The van der Waals surface area contributed by atoms with E-state index in [9.17, 15) is 4.79 Å². The second-order valence-corrected chi connectivity index (χ2v) is 8.68. The van der Waals surface area contributed by atoms with Crippen LogP contribution in [0.2, 0.25) is 0 Å². The van der Waals surface area contributed by atoms with E-state index in [1.165, 1.54) is 32.1 Å². The standard InChI is InChI=1S/C22H35BrN2O3/c1-3-25(16-17-26)15-5-4-6-18-7-11-20(12-8-18)24(2)22(27)28-21-13-9-19(23)10-14-21/h9-10,13-14,18,20,26H,3-8,11-12,15-17H2,1-2H3/t18-,20-. The van der Waals surface area contributed by atoms with Crippen LogP contribution in [-0.4, -0.2) is 60.3 Å². The van der Waals surface area contributed by atoms with Crippen molar-refractivity contribution < 1.29 is 14.6 Å². The fourth-order valence-electron chi connectivity index (χ4n) is 3.98. The molecule has 1 aromatic carbocycles. The van der Waals surface area contributed by atoms with Crippen molar-refractivity contribution in [2.45, 2.75) is 57.9 Å². The highest BCUT2D eigenvalue weighted by Crippen LogP contribution is 2.31. The quantitative estimate of drug-likeness (QED) is 0.509. The summed E-state index contributed by atoms with van der Waals surface area (Å²) in [4.78, 5) is 16.5. The number of hydrogen-bond donors (Lipinski definition) is 1. The molecule has 0 aromatic heterocycles. The molecule has 1 aliphatic carbocycles. The number of unbranched alkanes of at least 4 members (excludes halogenated alkanes) is 1. The maximum Gasteiger partial charge on any atom is 0.415 e. The molecule has 1 fully saturated rings. The van der Waals surface area contributed by atoms with Gasteiger partial charge >= 0.3 is 6.09 Å². The van der Waals surface area contributed by atoms with Crippen LogP contribution in [0.15, 0.2) is 28.7 Å². The Hall–Kier alpha value is -1.11. The molecule has 5 nitrogen and oxygen atoms in total. The molecule has 1 aliphatic rings. The van der Waals surface area contributed by atoms with Gasteiger partial charge in [-0.15, -0.1) is 0 Å². The molecule has 0 spiro atoms. The van der Waals surface area contributed by atoms with Gasteiger partial charge in [0.05, 0.1) is 6.61 Å². The Balaban J connectivity index is 1.65. The van der Waals surface area contributed by atoms with E-state index >= 15 is 0 Å². The third-order valence-corrected chi connectivity index (χ3v) is 6.40. The minimum atomic E-state index is -0.269. The first-order valence-electron chi connectivity index (χ1n) is 10.6. The summed E-state index contributed by atoms with van der Waals surface area (Å²) in [6, 6.07) is 7.62. The van der Waals surface area contributed by atoms with Crippen molar-refractivity contribution >= 4 is 22.0 Å². The van der Waals surface area contributed by atoms with Crippen LogP contribution in [0.1, 0.15) is 51.9 Å². The van der Waals surface area contributed by atoms with Gasteiger partial charge in [-0.1, -0.05) is 35.7 Å². The van der Waals surface area contributed by atoms with Gasteiger partial charge in [0.2, 0.25) is 0 Å². The van der Waals surface area contributed by atoms with Crippen LogP contribution in [0.4, 0.5) is 4.79 Å². The first-order chi connectivity index (χ1) is 13.5. The molecular formula is C22H35BrN2O3. The van der Waals surface area contributed by atoms with Crippen LogP contribution >= 0.6 is 15.9 Å². The molecule has 0 heterocycles. The molecule has 1 amide bonds. The van der Waals surface area contributed by atoms with E-state index < -0.39 is 0 Å². The SMILES string of the molecule is CCN(CCO)CCCC[C@H]1CC[C@H](N(C)C(=O)Oc2ccc(Br)cc2)CC1. The van der Waals surface area contributed by atoms with Gasteiger partial charge in [0, 0.05) is 24.1 Å². The van der Waals surface area contributed by atoms with E-state index in [0.29, 0.717) is 5.75 Å². The summed E-state index contributed by atoms with van der Waals surface area (Å²) in [6.07, 6.45) is 7.95. The number of aliphatic hydroxyl groups excluding tert-OH is 1. The van der Waals surface area contributed by atoms with Gasteiger partial charge < -0.3 is 19.6 Å². The summed E-state index contributed by atoms with van der Waals surface area (Å²) in [5, 5.41) is 9.05. The third-order valence-electron chi connectivity index (χ3n) is 5.87. The largest absolute Gasteiger partial charge is 0.415 e. The van der Waals surface area contributed by atoms with Crippen LogP contribution < -0.4 is 4.74 Å². The molecule has 0 unspecified atom stereocenters. The van der Waals surface area contributed by atoms with Crippen molar-refractivity contribution in [3.8, 4) is 5.75 Å². The molecule has 28 heavy (non-hydrogen) atoms. The van der Waals surface area contributed by atoms with Crippen molar-refractivity contribution in [3.05, 3.63) is 28.7 Å². The van der Waals surface area contributed by atoms with E-state index in [-0.39, 0.29) is 18.7 Å². The van der Waals surface area contributed by atoms with Crippen molar-refractivity contribution in [2.75, 3.05) is 33.3 Å². The number of halogens is 1. The topological polar surface area (TPSA) is 53.0 Å². The lowest BCUT2D eigenvalue weighted by molar-refractivity contribution is 0.123. The third kappa shape index (κ3) is 7.72. The number of hydrogen-bond acceptors (Lipinski definition) is 4. The average Bonchev–Trinajstić information content (AvgIpc) is 2.71. The normalized spacial score (nSPS) is 19.6. The number of rotatable bonds is 10. The van der Waals surface area contributed by atoms with Gasteiger partial charge in [-0.3, -0.25) is 0 Å². The molecule has 1 aromatic rings. The van der Waals surface area contributed by atoms with E-state index in [1.807, 2.05) is 19.2 Å². The Bertz CT molecular complexity index is 574. The zero-order chi connectivity index (χ0) is 20.4. The Kier molecular flexibility index (Phi) is 10.3. The fourth-order valence-corrected chi connectivity index (χ4v) is 4.25. The van der Waals surface area contributed by atoms with Gasteiger partial charge in [-0.05, 0) is 75.4 Å². The second-order valence-electron chi connectivity index (χ2n) is 7.76. The lowest BCUT2D eigenvalue weighted by Crippen LogP contribution is -2.41. The van der Waals surface area contributed by atoms with E-state index in [2.05, 4.69) is 27.8 Å². The molecule has 0 radical (unpaired) electrons. The summed E-state index contributed by atoms with van der Waals surface area (Å²) in [7, 11) is 1.85. The van der Waals surface area contributed by atoms with E-state index in [0.717, 1.165) is 42.9 Å². The van der Waals surface area contributed by atoms with Gasteiger partial charge in [0.1, 0.15) is 5.75 Å². The van der Waals surface area contributed by atoms with Crippen molar-refractivity contribution in [3.63, 3.8) is 0 Å². The van der Waals surface area contributed by atoms with Crippen molar-refractivity contribution in [1.82, 2.24) is 9.80 Å². The first kappa shape index (κ1) is 23.2. The van der Waals surface area contributed by atoms with Gasteiger partial charge in [0.25, 0.3) is 0 Å². The predicted octanol–water partition coefficient (Wildman–Crippen LogP) is 4.92. The number of amides is 1. The fraction of sp³-hybridized carbons (Fsp3) is 0.682. The molecule has 0 atom stereocenters. The number of nitrogens with zero attached hydrogens (tertiary/aromatic N) is 2. The number of carbonyl (C=O) groups is 1. The van der Waals surface area contributed by atoms with Crippen LogP contribution in [0.5, 0.6) is 5.75 Å². The lowest BCUT2D eigenvalue weighted by Gasteiger charge is -2.34. The summed E-state index contributed by atoms with van der Waals surface area (Å²) in [5.41, 5.74) is 0. The van der Waals surface area contributed by atoms with Gasteiger partial charge in [-0.2, -0.15) is 0 Å². The Morgan fingerprint density at radius 3 is 2.43 bits per heavy atom. The summed E-state index contributed by atoms with van der Waals surface area (Å²) in [5.74, 6) is 1.36. The van der Waals surface area contributed by atoms with E-state index in [4.69, 9.17) is 9.84 Å². The predicted molar refractivity (Wildman–Crippen MR) is 117 cm³/mol. The van der Waals surface area contributed by atoms with E-state index in [1.54, 1.807) is 17.0 Å². The number of benzene rings is 1. The highest BCUT2D eigenvalue weighted by Gasteiger charge is 2.27. The smallest absolute Gasteiger partial charge is 0.410 e. The molecule has 0 bridgehead atoms. The summed E-state index contributed by atoms with van der Waals surface area (Å²) < 4.78 is 6.45. The lowest BCUT2D eigenvalue weighted by atomic mass is 9.82. The Morgan fingerprint density at radius 2 is 1.82 bits per heavy atom. The molecule has 0 aliphatic heterocycles. The van der Waals surface area contributed by atoms with Gasteiger partial charge in [0.15, 0.2) is 0 Å². The van der Waals surface area contributed by atoms with Crippen LogP contribution in [-0.2, 0) is 0 Å². The van der Waals surface area contributed by atoms with Crippen LogP contribution in [0.25, 0.3) is 0 Å². The maximum atomic E-state index is 12.4. The summed E-state index contributed by atoms with van der Waals surface area (Å²) in [6.45, 7) is 5.26. The molecule has 0 saturated heterocycles. The zero-order valence-corrected chi connectivity index (χ0v) is 18.9. The van der Waals surface area contributed by atoms with Crippen molar-refractivity contribution in [1.29, 1.82) is 0 Å². The highest BCUT2D eigenvalue weighted by atomic mass is 79.9. The molecule has 1 saturated carbocycles. The molecular weight excluding hydrogens is 420 g/mol. The second kappa shape index (κ2) is 12.5. The number of ether oxygens (including phenoxy) is 1. The maximum absolute atomic E-state index is 12.4. The van der Waals surface area contributed by atoms with Crippen molar-refractivity contribution in [2.24, 2.45) is 5.92 Å². The number of likely N-dealkylation sites (N-methyl/N-ethyl adjacent to an activating group) is 1. The Morgan fingerprint density at radius 1 is 1.14 bits per heavy atom. The molecule has 158 valence electrons. The van der Waals surface area contributed by atoms with Crippen LogP contribution in [0, 0.1) is 5.92 Å². The highest BCUT2D eigenvalue weighted by molar-refractivity contribution is 9.10. The molecule has 1 N–H and O–H groups in total. The zero-order valence-electron chi connectivity index (χ0n) is 17.3. The number of carbonyl (C=O) groups excluding carboxylic acids is 1. The van der Waals surface area contributed by atoms with Gasteiger partial charge in [-0.25, -0.2) is 4.79 Å². The van der Waals surface area contributed by atoms with Crippen LogP contribution in [0.3, 0.4) is 0 Å². The first-order valence-corrected chi connectivity index (χ1v) is 11.4. The average molecular weight is 455 g/mol.